The van der Waals surface area contributed by atoms with E-state index >= 15 is 0 Å². The van der Waals surface area contributed by atoms with Gasteiger partial charge in [0.25, 0.3) is 0 Å². The number of nitrogens with zero attached hydrogens (tertiary/aromatic N) is 2. The lowest BCUT2D eigenvalue weighted by Crippen LogP contribution is -2.21. The van der Waals surface area contributed by atoms with Crippen molar-refractivity contribution in [3.05, 3.63) is 35.2 Å². The Bertz CT molecular complexity index is 424. The van der Waals surface area contributed by atoms with Gasteiger partial charge in [0.15, 0.2) is 5.13 Å². The second kappa shape index (κ2) is 5.14. The molecule has 2 N–H and O–H groups in total. The van der Waals surface area contributed by atoms with Gasteiger partial charge in [0.1, 0.15) is 5.76 Å². The SMILES string of the molecule is CCN(Cc1ccco1)Cc1cnc(N)s1. The summed E-state index contributed by atoms with van der Waals surface area (Å²) in [6.45, 7) is 4.79. The lowest BCUT2D eigenvalue weighted by Gasteiger charge is -2.17. The van der Waals surface area contributed by atoms with E-state index in [1.807, 2.05) is 18.3 Å². The average Bonchev–Trinajstić information content (AvgIpc) is 2.89. The molecule has 0 aromatic carbocycles. The van der Waals surface area contributed by atoms with Gasteiger partial charge in [0.05, 0.1) is 12.8 Å². The molecule has 0 bridgehead atoms. The van der Waals surface area contributed by atoms with Crippen LogP contribution in [0.15, 0.2) is 29.0 Å². The van der Waals surface area contributed by atoms with Crippen LogP contribution in [0.3, 0.4) is 0 Å². The first-order valence-electron chi connectivity index (χ1n) is 5.23. The first kappa shape index (κ1) is 11.2. The second-order valence-electron chi connectivity index (χ2n) is 3.55. The van der Waals surface area contributed by atoms with E-state index in [4.69, 9.17) is 10.2 Å². The maximum absolute atomic E-state index is 5.60. The third-order valence-corrected chi connectivity index (χ3v) is 3.17. The maximum atomic E-state index is 5.60. The fourth-order valence-corrected chi connectivity index (χ4v) is 2.25. The van der Waals surface area contributed by atoms with E-state index < -0.39 is 0 Å². The summed E-state index contributed by atoms with van der Waals surface area (Å²) >= 11 is 1.54. The minimum atomic E-state index is 0.629. The third kappa shape index (κ3) is 2.84. The van der Waals surface area contributed by atoms with Crippen molar-refractivity contribution in [1.82, 2.24) is 9.88 Å². The Kier molecular flexibility index (Phi) is 3.58. The minimum Gasteiger partial charge on any atom is -0.468 e. The lowest BCUT2D eigenvalue weighted by molar-refractivity contribution is 0.249. The normalized spacial score (nSPS) is 11.1. The van der Waals surface area contributed by atoms with Crippen LogP contribution in [0.5, 0.6) is 0 Å². The second-order valence-corrected chi connectivity index (χ2v) is 4.69. The Morgan fingerprint density at radius 3 is 2.94 bits per heavy atom. The van der Waals surface area contributed by atoms with E-state index in [-0.39, 0.29) is 0 Å². The standard InChI is InChI=1S/C11H15N3OS/c1-2-14(7-9-4-3-5-15-9)8-10-6-13-11(12)16-10/h3-6H,2,7-8H2,1H3,(H2,12,13). The Morgan fingerprint density at radius 2 is 2.38 bits per heavy atom. The highest BCUT2D eigenvalue weighted by atomic mass is 32.1. The molecule has 2 aromatic rings. The molecule has 0 fully saturated rings. The summed E-state index contributed by atoms with van der Waals surface area (Å²) in [6.07, 6.45) is 3.54. The smallest absolute Gasteiger partial charge is 0.180 e. The van der Waals surface area contributed by atoms with Gasteiger partial charge >= 0.3 is 0 Å². The quantitative estimate of drug-likeness (QED) is 0.867. The largest absolute Gasteiger partial charge is 0.468 e. The number of thiazole rings is 1. The number of rotatable bonds is 5. The third-order valence-electron chi connectivity index (χ3n) is 2.36. The Balaban J connectivity index is 1.95. The van der Waals surface area contributed by atoms with E-state index in [9.17, 15) is 0 Å². The zero-order chi connectivity index (χ0) is 11.4. The van der Waals surface area contributed by atoms with Gasteiger partial charge in [-0.15, -0.1) is 11.3 Å². The van der Waals surface area contributed by atoms with Gasteiger partial charge in [-0.25, -0.2) is 4.98 Å². The minimum absolute atomic E-state index is 0.629. The van der Waals surface area contributed by atoms with Crippen LogP contribution in [0.4, 0.5) is 5.13 Å². The fourth-order valence-electron chi connectivity index (χ4n) is 1.52. The molecule has 0 aliphatic rings. The van der Waals surface area contributed by atoms with Crippen LogP contribution in [0.1, 0.15) is 17.6 Å². The molecule has 5 heteroatoms. The molecule has 86 valence electrons. The first-order chi connectivity index (χ1) is 7.78. The van der Waals surface area contributed by atoms with E-state index in [1.54, 1.807) is 6.26 Å². The van der Waals surface area contributed by atoms with Crippen LogP contribution in [-0.2, 0) is 13.1 Å². The molecular weight excluding hydrogens is 222 g/mol. The molecule has 0 aliphatic carbocycles. The predicted molar refractivity (Wildman–Crippen MR) is 65.0 cm³/mol. The van der Waals surface area contributed by atoms with Gasteiger partial charge in [-0.3, -0.25) is 4.90 Å². The Labute approximate surface area is 98.7 Å². The molecule has 4 nitrogen and oxygen atoms in total. The van der Waals surface area contributed by atoms with Crippen molar-refractivity contribution < 1.29 is 4.42 Å². The number of anilines is 1. The number of nitrogens with two attached hydrogens (primary N) is 1. The van der Waals surface area contributed by atoms with E-state index in [0.29, 0.717) is 5.13 Å². The van der Waals surface area contributed by atoms with Gasteiger partial charge in [-0.2, -0.15) is 0 Å². The van der Waals surface area contributed by atoms with Gasteiger partial charge in [0, 0.05) is 17.6 Å². The highest BCUT2D eigenvalue weighted by molar-refractivity contribution is 7.15. The van der Waals surface area contributed by atoms with Gasteiger partial charge < -0.3 is 10.2 Å². The predicted octanol–water partition coefficient (Wildman–Crippen LogP) is 2.34. The summed E-state index contributed by atoms with van der Waals surface area (Å²) in [7, 11) is 0. The van der Waals surface area contributed by atoms with Crippen LogP contribution in [0, 0.1) is 0 Å². The topological polar surface area (TPSA) is 55.3 Å². The molecule has 16 heavy (non-hydrogen) atoms. The van der Waals surface area contributed by atoms with Gasteiger partial charge in [0.2, 0.25) is 0 Å². The number of nitrogen functional groups attached to an aromatic ring is 1. The summed E-state index contributed by atoms with van der Waals surface area (Å²) in [5.41, 5.74) is 5.60. The molecule has 0 unspecified atom stereocenters. The molecule has 2 heterocycles. The maximum Gasteiger partial charge on any atom is 0.180 e. The van der Waals surface area contributed by atoms with Crippen molar-refractivity contribution in [2.45, 2.75) is 20.0 Å². The molecule has 2 aromatic heterocycles. The van der Waals surface area contributed by atoms with E-state index in [2.05, 4.69) is 16.8 Å². The highest BCUT2D eigenvalue weighted by Gasteiger charge is 2.08. The Hall–Kier alpha value is -1.33. The summed E-state index contributed by atoms with van der Waals surface area (Å²) in [5, 5.41) is 0.629. The van der Waals surface area contributed by atoms with Crippen molar-refractivity contribution in [2.24, 2.45) is 0 Å². The van der Waals surface area contributed by atoms with Gasteiger partial charge in [-0.05, 0) is 18.7 Å². The summed E-state index contributed by atoms with van der Waals surface area (Å²) in [5.74, 6) is 0.985. The van der Waals surface area contributed by atoms with E-state index in [1.165, 1.54) is 16.2 Å². The molecule has 0 radical (unpaired) electrons. The zero-order valence-electron chi connectivity index (χ0n) is 9.22. The molecule has 0 saturated heterocycles. The van der Waals surface area contributed by atoms with Crippen LogP contribution in [0.25, 0.3) is 0 Å². The van der Waals surface area contributed by atoms with Crippen molar-refractivity contribution >= 4 is 16.5 Å². The summed E-state index contributed by atoms with van der Waals surface area (Å²) < 4.78 is 5.33. The van der Waals surface area contributed by atoms with Gasteiger partial charge in [-0.1, -0.05) is 6.92 Å². The van der Waals surface area contributed by atoms with Crippen LogP contribution < -0.4 is 5.73 Å². The molecule has 0 atom stereocenters. The lowest BCUT2D eigenvalue weighted by atomic mass is 10.3. The van der Waals surface area contributed by atoms with E-state index in [0.717, 1.165) is 25.4 Å². The number of hydrogen-bond donors (Lipinski definition) is 1. The molecular formula is C11H15N3OS. The molecule has 2 rings (SSSR count). The number of furan rings is 1. The van der Waals surface area contributed by atoms with Crippen LogP contribution in [-0.4, -0.2) is 16.4 Å². The highest BCUT2D eigenvalue weighted by Crippen LogP contribution is 2.17. The summed E-state index contributed by atoms with van der Waals surface area (Å²) in [6, 6.07) is 3.90. The molecule has 0 spiro atoms. The molecule has 0 amide bonds. The van der Waals surface area contributed by atoms with Crippen LogP contribution >= 0.6 is 11.3 Å². The average molecular weight is 237 g/mol. The Morgan fingerprint density at radius 1 is 1.50 bits per heavy atom. The zero-order valence-corrected chi connectivity index (χ0v) is 10.0. The fraction of sp³-hybridized carbons (Fsp3) is 0.364. The van der Waals surface area contributed by atoms with Crippen molar-refractivity contribution in [3.8, 4) is 0 Å². The van der Waals surface area contributed by atoms with Crippen LogP contribution in [0.2, 0.25) is 0 Å². The number of hydrogen-bond acceptors (Lipinski definition) is 5. The first-order valence-corrected chi connectivity index (χ1v) is 6.04. The molecule has 0 saturated carbocycles. The molecule has 0 aliphatic heterocycles. The monoisotopic (exact) mass is 237 g/mol. The summed E-state index contributed by atoms with van der Waals surface area (Å²) in [4.78, 5) is 7.52. The van der Waals surface area contributed by atoms with Crippen molar-refractivity contribution in [3.63, 3.8) is 0 Å². The van der Waals surface area contributed by atoms with Crippen molar-refractivity contribution in [2.75, 3.05) is 12.3 Å². The number of aromatic nitrogens is 1. The van der Waals surface area contributed by atoms with Crippen molar-refractivity contribution in [1.29, 1.82) is 0 Å².